The summed E-state index contributed by atoms with van der Waals surface area (Å²) in [5, 5.41) is 0. The molecule has 0 saturated heterocycles. The van der Waals surface area contributed by atoms with Crippen molar-refractivity contribution in [1.82, 2.24) is 9.97 Å². The highest BCUT2D eigenvalue weighted by atomic mass is 16.5. The predicted octanol–water partition coefficient (Wildman–Crippen LogP) is 2.04. The third-order valence-corrected chi connectivity index (χ3v) is 2.91. The van der Waals surface area contributed by atoms with Gasteiger partial charge in [0.05, 0.1) is 5.69 Å². The van der Waals surface area contributed by atoms with E-state index in [2.05, 4.69) is 9.97 Å². The summed E-state index contributed by atoms with van der Waals surface area (Å²) in [6, 6.07) is 9.42. The molecule has 5 heteroatoms. The normalized spacial score (nSPS) is 10.6. The Morgan fingerprint density at radius 3 is 2.55 bits per heavy atom. The molecular weight excluding hydrogens is 254 g/mol. The molecule has 0 aliphatic carbocycles. The fourth-order valence-corrected chi connectivity index (χ4v) is 1.85. The molecule has 0 unspecified atom stereocenters. The average molecular weight is 273 g/mol. The van der Waals surface area contributed by atoms with E-state index in [9.17, 15) is 4.79 Å². The van der Waals surface area contributed by atoms with Crippen molar-refractivity contribution in [2.24, 2.45) is 0 Å². The van der Waals surface area contributed by atoms with Crippen molar-refractivity contribution in [1.29, 1.82) is 0 Å². The van der Waals surface area contributed by atoms with Crippen molar-refractivity contribution in [3.05, 3.63) is 46.5 Å². The molecule has 0 amide bonds. The number of nitrogens with zero attached hydrogens (tertiary/aromatic N) is 2. The molecule has 20 heavy (non-hydrogen) atoms. The highest BCUT2D eigenvalue weighted by Crippen LogP contribution is 2.19. The molecule has 0 saturated carbocycles. The molecule has 5 nitrogen and oxygen atoms in total. The molecule has 2 rings (SSSR count). The lowest BCUT2D eigenvalue weighted by Crippen LogP contribution is -2.12. The molecule has 2 aromatic rings. The summed E-state index contributed by atoms with van der Waals surface area (Å²) in [6.45, 7) is 2.81. The molecule has 0 spiro atoms. The number of nitrogens with one attached hydrogen (secondary N) is 1. The van der Waals surface area contributed by atoms with Gasteiger partial charge in [-0.25, -0.2) is 4.98 Å². The van der Waals surface area contributed by atoms with Crippen molar-refractivity contribution >= 4 is 5.69 Å². The number of H-pyrrole nitrogens is 1. The fourth-order valence-electron chi connectivity index (χ4n) is 1.85. The summed E-state index contributed by atoms with van der Waals surface area (Å²) in [5.41, 5.74) is 2.52. The Hall–Kier alpha value is -2.14. The van der Waals surface area contributed by atoms with Gasteiger partial charge >= 0.3 is 0 Å². The number of ether oxygens (including phenoxy) is 1. The van der Waals surface area contributed by atoms with Crippen molar-refractivity contribution in [3.8, 4) is 11.3 Å². The van der Waals surface area contributed by atoms with Gasteiger partial charge in [-0.1, -0.05) is 12.1 Å². The molecule has 1 heterocycles. The monoisotopic (exact) mass is 273 g/mol. The zero-order valence-electron chi connectivity index (χ0n) is 12.0. The van der Waals surface area contributed by atoms with Crippen LogP contribution in [0.5, 0.6) is 0 Å². The first kappa shape index (κ1) is 14.3. The first-order valence-corrected chi connectivity index (χ1v) is 6.56. The maximum Gasteiger partial charge on any atom is 0.251 e. The molecule has 1 aromatic carbocycles. The number of hydrogen-bond acceptors (Lipinski definition) is 4. The van der Waals surface area contributed by atoms with Crippen LogP contribution in [0.15, 0.2) is 35.1 Å². The Balaban J connectivity index is 2.31. The maximum atomic E-state index is 11.7. The largest absolute Gasteiger partial charge is 0.378 e. The molecule has 1 aromatic heterocycles. The minimum atomic E-state index is -0.165. The number of hydrogen-bond donors (Lipinski definition) is 1. The topological polar surface area (TPSA) is 58.2 Å². The van der Waals surface area contributed by atoms with Gasteiger partial charge in [0.15, 0.2) is 0 Å². The Morgan fingerprint density at radius 2 is 1.95 bits per heavy atom. The number of rotatable bonds is 5. The molecule has 0 aliphatic rings. The minimum Gasteiger partial charge on any atom is -0.378 e. The van der Waals surface area contributed by atoms with Crippen LogP contribution in [0.2, 0.25) is 0 Å². The van der Waals surface area contributed by atoms with Crippen LogP contribution in [-0.2, 0) is 11.3 Å². The van der Waals surface area contributed by atoms with Crippen molar-refractivity contribution < 1.29 is 4.74 Å². The zero-order chi connectivity index (χ0) is 14.5. The highest BCUT2D eigenvalue weighted by Gasteiger charge is 2.05. The quantitative estimate of drug-likeness (QED) is 0.905. The second-order valence-electron chi connectivity index (χ2n) is 4.66. The van der Waals surface area contributed by atoms with E-state index in [-0.39, 0.29) is 5.56 Å². The van der Waals surface area contributed by atoms with Crippen LogP contribution in [0.1, 0.15) is 12.7 Å². The predicted molar refractivity (Wildman–Crippen MR) is 80.0 cm³/mol. The molecule has 0 atom stereocenters. The molecule has 106 valence electrons. The van der Waals surface area contributed by atoms with Gasteiger partial charge in [-0.05, 0) is 19.1 Å². The summed E-state index contributed by atoms with van der Waals surface area (Å²) < 4.78 is 5.28. The van der Waals surface area contributed by atoms with E-state index < -0.39 is 0 Å². The molecule has 0 fully saturated rings. The Labute approximate surface area is 118 Å². The van der Waals surface area contributed by atoms with Crippen molar-refractivity contribution in [3.63, 3.8) is 0 Å². The van der Waals surface area contributed by atoms with E-state index in [1.165, 1.54) is 6.07 Å². The van der Waals surface area contributed by atoms with E-state index in [1.54, 1.807) is 0 Å². The van der Waals surface area contributed by atoms with Crippen molar-refractivity contribution in [2.75, 3.05) is 25.6 Å². The summed E-state index contributed by atoms with van der Waals surface area (Å²) in [6.07, 6.45) is 0. The molecule has 0 bridgehead atoms. The third-order valence-electron chi connectivity index (χ3n) is 2.91. The summed E-state index contributed by atoms with van der Waals surface area (Å²) in [5.74, 6) is 0.547. The van der Waals surface area contributed by atoms with Crippen molar-refractivity contribution in [2.45, 2.75) is 13.5 Å². The van der Waals surface area contributed by atoms with Gasteiger partial charge in [-0.3, -0.25) is 4.79 Å². The number of anilines is 1. The lowest BCUT2D eigenvalue weighted by atomic mass is 10.1. The zero-order valence-corrected chi connectivity index (χ0v) is 12.0. The second-order valence-corrected chi connectivity index (χ2v) is 4.66. The number of aromatic nitrogens is 2. The van der Waals surface area contributed by atoms with Crippen LogP contribution < -0.4 is 10.5 Å². The van der Waals surface area contributed by atoms with Gasteiger partial charge in [0.2, 0.25) is 0 Å². The lowest BCUT2D eigenvalue weighted by Gasteiger charge is -2.12. The van der Waals surface area contributed by atoms with E-state index in [4.69, 9.17) is 4.74 Å². The van der Waals surface area contributed by atoms with E-state index in [1.807, 2.05) is 50.2 Å². The standard InChI is InChI=1S/C15H19N3O2/c1-4-20-10-14-16-13(9-15(19)17-14)11-5-7-12(8-6-11)18(2)3/h5-9H,4,10H2,1-3H3,(H,16,17,19). The van der Waals surface area contributed by atoms with Gasteiger partial charge in [-0.2, -0.15) is 0 Å². The maximum absolute atomic E-state index is 11.7. The van der Waals surface area contributed by atoms with Crippen LogP contribution in [0.4, 0.5) is 5.69 Å². The van der Waals surface area contributed by atoms with Gasteiger partial charge in [-0.15, -0.1) is 0 Å². The average Bonchev–Trinajstić information content (AvgIpc) is 2.44. The lowest BCUT2D eigenvalue weighted by molar-refractivity contribution is 0.128. The molecule has 0 radical (unpaired) electrons. The number of aromatic amines is 1. The van der Waals surface area contributed by atoms with Crippen LogP contribution in [0, 0.1) is 0 Å². The first-order chi connectivity index (χ1) is 9.60. The van der Waals surface area contributed by atoms with Gasteiger partial charge < -0.3 is 14.6 Å². The van der Waals surface area contributed by atoms with Crippen LogP contribution in [0.25, 0.3) is 11.3 Å². The van der Waals surface area contributed by atoms with E-state index >= 15 is 0 Å². The summed E-state index contributed by atoms with van der Waals surface area (Å²) in [4.78, 5) is 20.8. The van der Waals surface area contributed by atoms with Gasteiger partial charge in [0.1, 0.15) is 12.4 Å². The highest BCUT2D eigenvalue weighted by molar-refractivity contribution is 5.62. The van der Waals surface area contributed by atoms with Gasteiger partial charge in [0.25, 0.3) is 5.56 Å². The van der Waals surface area contributed by atoms with Crippen LogP contribution in [0.3, 0.4) is 0 Å². The Morgan fingerprint density at radius 1 is 1.25 bits per heavy atom. The molecule has 0 aliphatic heterocycles. The van der Waals surface area contributed by atoms with Crippen LogP contribution in [-0.4, -0.2) is 30.7 Å². The third kappa shape index (κ3) is 3.45. The van der Waals surface area contributed by atoms with Crippen LogP contribution >= 0.6 is 0 Å². The smallest absolute Gasteiger partial charge is 0.251 e. The number of benzene rings is 1. The molecule has 1 N–H and O–H groups in total. The van der Waals surface area contributed by atoms with Gasteiger partial charge in [0, 0.05) is 38.0 Å². The minimum absolute atomic E-state index is 0.165. The van der Waals surface area contributed by atoms with E-state index in [0.29, 0.717) is 24.7 Å². The first-order valence-electron chi connectivity index (χ1n) is 6.56. The summed E-state index contributed by atoms with van der Waals surface area (Å²) >= 11 is 0. The fraction of sp³-hybridized carbons (Fsp3) is 0.333. The SMILES string of the molecule is CCOCc1nc(-c2ccc(N(C)C)cc2)cc(=O)[nH]1. The molecular formula is C15H19N3O2. The second kappa shape index (κ2) is 6.34. The van der Waals surface area contributed by atoms with E-state index in [0.717, 1.165) is 11.3 Å². The summed E-state index contributed by atoms with van der Waals surface area (Å²) in [7, 11) is 3.97. The Bertz CT molecular complexity index is 618. The Kier molecular flexibility index (Phi) is 4.53.